The van der Waals surface area contributed by atoms with E-state index in [1.54, 1.807) is 0 Å². The van der Waals surface area contributed by atoms with Crippen LogP contribution in [-0.2, 0) is 4.53 Å². The van der Waals surface area contributed by atoms with Crippen LogP contribution in [0.25, 0.3) is 0 Å². The molecule has 3 nitrogen and oxygen atoms in total. The molecule has 0 saturated heterocycles. The summed E-state index contributed by atoms with van der Waals surface area (Å²) in [6.45, 7) is 8.45. The molecule has 0 aliphatic carbocycles. The number of rotatable bonds is 9. The Morgan fingerprint density at radius 2 is 1.71 bits per heavy atom. The molecule has 0 aromatic rings. The minimum absolute atomic E-state index is 0.699. The Morgan fingerprint density at radius 1 is 1.12 bits per heavy atom. The highest BCUT2D eigenvalue weighted by atomic mass is 28.4. The van der Waals surface area contributed by atoms with Crippen molar-refractivity contribution in [2.24, 2.45) is 5.16 Å². The monoisotopic (exact) mass is 254 g/mol. The van der Waals surface area contributed by atoms with Crippen LogP contribution in [0.1, 0.15) is 51.9 Å². The van der Waals surface area contributed by atoms with Gasteiger partial charge in [-0.1, -0.05) is 19.3 Å². The second-order valence-electron chi connectivity index (χ2n) is 5.46. The molecule has 0 spiro atoms. The van der Waals surface area contributed by atoms with E-state index in [9.17, 15) is 0 Å². The molecule has 0 saturated carbocycles. The minimum atomic E-state index is -1.51. The Morgan fingerprint density at radius 3 is 2.29 bits per heavy atom. The minimum Gasteiger partial charge on any atom is -0.456 e. The van der Waals surface area contributed by atoms with Gasteiger partial charge in [0, 0.05) is 6.42 Å². The second kappa shape index (κ2) is 9.23. The average molecular weight is 254 g/mol. The normalized spacial score (nSPS) is 12.3. The lowest BCUT2D eigenvalue weighted by molar-refractivity contribution is 0.333. The summed E-state index contributed by atoms with van der Waals surface area (Å²) < 4.78 is 5.49. The van der Waals surface area contributed by atoms with Crippen LogP contribution in [0.4, 0.5) is 0 Å². The van der Waals surface area contributed by atoms with Crippen molar-refractivity contribution in [2.75, 3.05) is 0 Å². The standard InChI is InChI=1S/C13H26N2OSi/c1-13(15-16-17(2,3)4)11-9-7-5-6-8-10-12-14/h5-11H2,1-4H3. The summed E-state index contributed by atoms with van der Waals surface area (Å²) in [5.41, 5.74) is 1.10. The molecule has 0 fully saturated rings. The van der Waals surface area contributed by atoms with Crippen LogP contribution >= 0.6 is 0 Å². The van der Waals surface area contributed by atoms with Gasteiger partial charge in [0.25, 0.3) is 8.32 Å². The molecule has 0 aromatic carbocycles. The van der Waals surface area contributed by atoms with Gasteiger partial charge in [0.2, 0.25) is 0 Å². The van der Waals surface area contributed by atoms with Crippen LogP contribution in [0.15, 0.2) is 5.16 Å². The van der Waals surface area contributed by atoms with Crippen LogP contribution in [0.5, 0.6) is 0 Å². The molecule has 0 aromatic heterocycles. The molecule has 98 valence electrons. The Kier molecular flexibility index (Phi) is 8.79. The lowest BCUT2D eigenvalue weighted by atomic mass is 10.1. The Balaban J connectivity index is 3.45. The van der Waals surface area contributed by atoms with E-state index in [1.807, 2.05) is 6.92 Å². The lowest BCUT2D eigenvalue weighted by Crippen LogP contribution is -2.22. The van der Waals surface area contributed by atoms with Gasteiger partial charge in [-0.05, 0) is 45.8 Å². The molecule has 0 heterocycles. The van der Waals surface area contributed by atoms with E-state index < -0.39 is 8.32 Å². The van der Waals surface area contributed by atoms with E-state index in [0.29, 0.717) is 6.42 Å². The zero-order valence-electron chi connectivity index (χ0n) is 11.8. The fraction of sp³-hybridized carbons (Fsp3) is 0.846. The first-order valence-corrected chi connectivity index (χ1v) is 9.95. The van der Waals surface area contributed by atoms with Crippen LogP contribution in [0.2, 0.25) is 19.6 Å². The van der Waals surface area contributed by atoms with E-state index in [4.69, 9.17) is 9.79 Å². The average Bonchev–Trinajstić information content (AvgIpc) is 2.24. The van der Waals surface area contributed by atoms with Gasteiger partial charge >= 0.3 is 0 Å². The summed E-state index contributed by atoms with van der Waals surface area (Å²) in [7, 11) is -1.51. The third kappa shape index (κ3) is 13.1. The molecule has 0 aliphatic heterocycles. The summed E-state index contributed by atoms with van der Waals surface area (Å²) in [5.74, 6) is 0. The molecule has 0 bridgehead atoms. The van der Waals surface area contributed by atoms with Crippen molar-refractivity contribution in [1.29, 1.82) is 5.26 Å². The largest absolute Gasteiger partial charge is 0.456 e. The molecule has 0 N–H and O–H groups in total. The van der Waals surface area contributed by atoms with Gasteiger partial charge in [-0.25, -0.2) is 0 Å². The van der Waals surface area contributed by atoms with Gasteiger partial charge in [0.1, 0.15) is 0 Å². The van der Waals surface area contributed by atoms with Crippen molar-refractivity contribution in [1.82, 2.24) is 0 Å². The van der Waals surface area contributed by atoms with Crippen molar-refractivity contribution >= 4 is 14.0 Å². The van der Waals surface area contributed by atoms with Crippen LogP contribution in [-0.4, -0.2) is 14.0 Å². The van der Waals surface area contributed by atoms with E-state index in [0.717, 1.165) is 18.6 Å². The van der Waals surface area contributed by atoms with Crippen LogP contribution < -0.4 is 0 Å². The number of nitrogens with zero attached hydrogens (tertiary/aromatic N) is 2. The van der Waals surface area contributed by atoms with E-state index in [1.165, 1.54) is 25.7 Å². The Bertz CT molecular complexity index is 264. The van der Waals surface area contributed by atoms with Gasteiger partial charge < -0.3 is 4.53 Å². The first kappa shape index (κ1) is 16.2. The number of oxime groups is 1. The maximum absolute atomic E-state index is 8.39. The van der Waals surface area contributed by atoms with Gasteiger partial charge in [-0.15, -0.1) is 5.16 Å². The molecule has 0 unspecified atom stereocenters. The van der Waals surface area contributed by atoms with Gasteiger partial charge in [0.05, 0.1) is 11.8 Å². The first-order chi connectivity index (χ1) is 7.95. The fourth-order valence-electron chi connectivity index (χ4n) is 1.38. The summed E-state index contributed by atoms with van der Waals surface area (Å²) in [6.07, 6.45) is 7.58. The summed E-state index contributed by atoms with van der Waals surface area (Å²) >= 11 is 0. The molecule has 0 amide bonds. The topological polar surface area (TPSA) is 45.4 Å². The highest BCUT2D eigenvalue weighted by Crippen LogP contribution is 2.09. The molecule has 0 rings (SSSR count). The third-order valence-corrected chi connectivity index (χ3v) is 2.94. The van der Waals surface area contributed by atoms with Crippen molar-refractivity contribution in [3.63, 3.8) is 0 Å². The third-order valence-electron chi connectivity index (χ3n) is 2.30. The fourth-order valence-corrected chi connectivity index (χ4v) is 1.81. The van der Waals surface area contributed by atoms with Gasteiger partial charge in [0.15, 0.2) is 0 Å². The number of hydrogen-bond acceptors (Lipinski definition) is 3. The molecule has 0 atom stereocenters. The van der Waals surface area contributed by atoms with Crippen molar-refractivity contribution in [3.05, 3.63) is 0 Å². The number of nitriles is 1. The second-order valence-corrected chi connectivity index (χ2v) is 9.86. The van der Waals surface area contributed by atoms with Crippen molar-refractivity contribution in [2.45, 2.75) is 71.5 Å². The first-order valence-electron chi connectivity index (χ1n) is 6.54. The molecule has 0 radical (unpaired) electrons. The maximum atomic E-state index is 8.39. The summed E-state index contributed by atoms with van der Waals surface area (Å²) in [4.78, 5) is 0. The zero-order chi connectivity index (χ0) is 13.1. The SMILES string of the molecule is CC(CCCCCCCC#N)=NO[Si](C)(C)C. The zero-order valence-corrected chi connectivity index (χ0v) is 12.8. The number of hydrogen-bond donors (Lipinski definition) is 0. The van der Waals surface area contributed by atoms with Crippen LogP contribution in [0, 0.1) is 11.3 Å². The highest BCUT2D eigenvalue weighted by molar-refractivity contribution is 6.69. The highest BCUT2D eigenvalue weighted by Gasteiger charge is 2.15. The van der Waals surface area contributed by atoms with Crippen LogP contribution in [0.3, 0.4) is 0 Å². The summed E-state index contributed by atoms with van der Waals surface area (Å²) in [5, 5.41) is 12.6. The molecule has 4 heteroatoms. The predicted octanol–water partition coefficient (Wildman–Crippen LogP) is 4.47. The van der Waals surface area contributed by atoms with E-state index in [2.05, 4.69) is 30.9 Å². The maximum Gasteiger partial charge on any atom is 0.278 e. The quantitative estimate of drug-likeness (QED) is 0.264. The molecule has 0 aliphatic rings. The van der Waals surface area contributed by atoms with Crippen molar-refractivity contribution < 1.29 is 4.53 Å². The molecule has 17 heavy (non-hydrogen) atoms. The van der Waals surface area contributed by atoms with Crippen molar-refractivity contribution in [3.8, 4) is 6.07 Å². The predicted molar refractivity (Wildman–Crippen MR) is 75.5 cm³/mol. The van der Waals surface area contributed by atoms with E-state index in [-0.39, 0.29) is 0 Å². The smallest absolute Gasteiger partial charge is 0.278 e. The van der Waals surface area contributed by atoms with Gasteiger partial charge in [-0.2, -0.15) is 5.26 Å². The Hall–Kier alpha value is -0.823. The number of unbranched alkanes of at least 4 members (excludes halogenated alkanes) is 5. The summed E-state index contributed by atoms with van der Waals surface area (Å²) in [6, 6.07) is 2.18. The Labute approximate surface area is 107 Å². The van der Waals surface area contributed by atoms with Gasteiger partial charge in [-0.3, -0.25) is 0 Å². The lowest BCUT2D eigenvalue weighted by Gasteiger charge is -2.13. The van der Waals surface area contributed by atoms with E-state index >= 15 is 0 Å². The molecular weight excluding hydrogens is 228 g/mol. The molecular formula is C13H26N2OSi.